The van der Waals surface area contributed by atoms with E-state index in [-0.39, 0.29) is 17.3 Å². The van der Waals surface area contributed by atoms with Crippen LogP contribution in [-0.2, 0) is 4.79 Å². The smallest absolute Gasteiger partial charge is 0.293 e. The lowest BCUT2D eigenvalue weighted by molar-refractivity contribution is -0.384. The molecule has 0 aliphatic rings. The molecule has 1 rings (SSSR count). The Morgan fingerprint density at radius 2 is 2.06 bits per heavy atom. The SMILES string of the molecule is Cc1ccc(NC(=O)C(C)(C)Br)c([N+](=O)[O-])c1. The molecule has 0 radical (unpaired) electrons. The number of carbonyl (C=O) groups excluding carboxylic acids is 1. The third-order valence-electron chi connectivity index (χ3n) is 2.14. The fourth-order valence-electron chi connectivity index (χ4n) is 1.17. The number of aryl methyl sites for hydroxylation is 1. The summed E-state index contributed by atoms with van der Waals surface area (Å²) in [5.41, 5.74) is 0.876. The van der Waals surface area contributed by atoms with Gasteiger partial charge in [-0.1, -0.05) is 22.0 Å². The van der Waals surface area contributed by atoms with Crippen molar-refractivity contribution in [2.24, 2.45) is 0 Å². The van der Waals surface area contributed by atoms with E-state index in [0.717, 1.165) is 5.56 Å². The maximum atomic E-state index is 11.7. The zero-order valence-corrected chi connectivity index (χ0v) is 11.4. The standard InChI is InChI=1S/C11H13BrN2O3/c1-7-4-5-8(9(6-7)14(16)17)13-10(15)11(2,3)12/h4-6H,1-3H3,(H,13,15). The summed E-state index contributed by atoms with van der Waals surface area (Å²) < 4.78 is -0.772. The normalized spacial score (nSPS) is 11.1. The van der Waals surface area contributed by atoms with Gasteiger partial charge in [-0.15, -0.1) is 0 Å². The molecule has 17 heavy (non-hydrogen) atoms. The summed E-state index contributed by atoms with van der Waals surface area (Å²) in [5, 5.41) is 13.4. The zero-order valence-electron chi connectivity index (χ0n) is 9.78. The van der Waals surface area contributed by atoms with Crippen LogP contribution in [0.1, 0.15) is 19.4 Å². The van der Waals surface area contributed by atoms with Gasteiger partial charge in [0.2, 0.25) is 5.91 Å². The number of amides is 1. The average molecular weight is 301 g/mol. The molecule has 6 heteroatoms. The highest BCUT2D eigenvalue weighted by Crippen LogP contribution is 2.27. The Kier molecular flexibility index (Phi) is 3.87. The van der Waals surface area contributed by atoms with Crippen molar-refractivity contribution in [3.05, 3.63) is 33.9 Å². The predicted octanol–water partition coefficient (Wildman–Crippen LogP) is 3.02. The zero-order chi connectivity index (χ0) is 13.2. The predicted molar refractivity (Wildman–Crippen MR) is 69.5 cm³/mol. The minimum Gasteiger partial charge on any atom is -0.319 e. The van der Waals surface area contributed by atoms with Crippen LogP contribution in [0.4, 0.5) is 11.4 Å². The summed E-state index contributed by atoms with van der Waals surface area (Å²) in [4.78, 5) is 22.1. The molecule has 1 aromatic carbocycles. The van der Waals surface area contributed by atoms with Gasteiger partial charge < -0.3 is 5.32 Å². The molecule has 0 unspecified atom stereocenters. The molecule has 92 valence electrons. The third-order valence-corrected chi connectivity index (χ3v) is 2.50. The molecular formula is C11H13BrN2O3. The fraction of sp³-hybridized carbons (Fsp3) is 0.364. The molecule has 0 fully saturated rings. The largest absolute Gasteiger partial charge is 0.319 e. The van der Waals surface area contributed by atoms with Crippen LogP contribution in [0, 0.1) is 17.0 Å². The maximum absolute atomic E-state index is 11.7. The van der Waals surface area contributed by atoms with E-state index in [4.69, 9.17) is 0 Å². The van der Waals surface area contributed by atoms with Crippen LogP contribution in [0.2, 0.25) is 0 Å². The second-order valence-corrected chi connectivity index (χ2v) is 6.19. The minimum absolute atomic E-state index is 0.102. The van der Waals surface area contributed by atoms with E-state index in [1.165, 1.54) is 12.1 Å². The molecule has 0 atom stereocenters. The first-order valence-corrected chi connectivity index (χ1v) is 5.76. The monoisotopic (exact) mass is 300 g/mol. The van der Waals surface area contributed by atoms with E-state index in [9.17, 15) is 14.9 Å². The molecule has 0 aliphatic heterocycles. The van der Waals surface area contributed by atoms with Crippen molar-refractivity contribution in [2.75, 3.05) is 5.32 Å². The third kappa shape index (κ3) is 3.52. The van der Waals surface area contributed by atoms with Crippen LogP contribution >= 0.6 is 15.9 Å². The quantitative estimate of drug-likeness (QED) is 0.530. The van der Waals surface area contributed by atoms with Gasteiger partial charge in [0.1, 0.15) is 5.69 Å². The van der Waals surface area contributed by atoms with Crippen LogP contribution in [0.5, 0.6) is 0 Å². The van der Waals surface area contributed by atoms with Crippen LogP contribution < -0.4 is 5.32 Å². The number of nitro groups is 1. The lowest BCUT2D eigenvalue weighted by atomic mass is 10.1. The van der Waals surface area contributed by atoms with Gasteiger partial charge in [-0.2, -0.15) is 0 Å². The fourth-order valence-corrected chi connectivity index (χ4v) is 1.27. The molecule has 0 aliphatic carbocycles. The number of rotatable bonds is 3. The number of carbonyl (C=O) groups is 1. The number of hydrogen-bond acceptors (Lipinski definition) is 3. The summed E-state index contributed by atoms with van der Waals surface area (Å²) >= 11 is 3.20. The Morgan fingerprint density at radius 1 is 1.47 bits per heavy atom. The van der Waals surface area contributed by atoms with Gasteiger partial charge in [0.05, 0.1) is 9.25 Å². The van der Waals surface area contributed by atoms with E-state index >= 15 is 0 Å². The van der Waals surface area contributed by atoms with E-state index in [1.54, 1.807) is 26.8 Å². The van der Waals surface area contributed by atoms with Crippen molar-refractivity contribution in [2.45, 2.75) is 25.1 Å². The topological polar surface area (TPSA) is 72.2 Å². The second-order valence-electron chi connectivity index (χ2n) is 4.20. The number of hydrogen-bond donors (Lipinski definition) is 1. The molecule has 0 spiro atoms. The van der Waals surface area contributed by atoms with Gasteiger partial charge >= 0.3 is 0 Å². The molecule has 0 bridgehead atoms. The first-order chi connectivity index (χ1) is 7.71. The van der Waals surface area contributed by atoms with Gasteiger partial charge in [-0.25, -0.2) is 0 Å². The van der Waals surface area contributed by atoms with E-state index in [2.05, 4.69) is 21.2 Å². The number of nitro benzene ring substituents is 1. The van der Waals surface area contributed by atoms with Crippen molar-refractivity contribution in [1.82, 2.24) is 0 Å². The second kappa shape index (κ2) is 4.83. The van der Waals surface area contributed by atoms with Crippen LogP contribution in [-0.4, -0.2) is 15.2 Å². The number of anilines is 1. The summed E-state index contributed by atoms with van der Waals surface area (Å²) in [6.07, 6.45) is 0. The van der Waals surface area contributed by atoms with Crippen molar-refractivity contribution in [3.63, 3.8) is 0 Å². The van der Waals surface area contributed by atoms with Crippen LogP contribution in [0.25, 0.3) is 0 Å². The van der Waals surface area contributed by atoms with Gasteiger partial charge in [0.25, 0.3) is 5.69 Å². The highest BCUT2D eigenvalue weighted by molar-refractivity contribution is 9.10. The Bertz CT molecular complexity index is 466. The first-order valence-electron chi connectivity index (χ1n) is 4.97. The van der Waals surface area contributed by atoms with E-state index < -0.39 is 9.25 Å². The number of alkyl halides is 1. The van der Waals surface area contributed by atoms with E-state index in [1.807, 2.05) is 0 Å². The molecular weight excluding hydrogens is 288 g/mol. The van der Waals surface area contributed by atoms with Crippen molar-refractivity contribution in [1.29, 1.82) is 0 Å². The Hall–Kier alpha value is -1.43. The highest BCUT2D eigenvalue weighted by atomic mass is 79.9. The maximum Gasteiger partial charge on any atom is 0.293 e. The molecule has 5 nitrogen and oxygen atoms in total. The molecule has 0 saturated heterocycles. The number of benzene rings is 1. The minimum atomic E-state index is -0.772. The number of nitrogens with one attached hydrogen (secondary N) is 1. The summed E-state index contributed by atoms with van der Waals surface area (Å²) in [5.74, 6) is -0.329. The Balaban J connectivity index is 3.07. The van der Waals surface area contributed by atoms with Crippen LogP contribution in [0.3, 0.4) is 0 Å². The van der Waals surface area contributed by atoms with Crippen LogP contribution in [0.15, 0.2) is 18.2 Å². The summed E-state index contributed by atoms with van der Waals surface area (Å²) in [6.45, 7) is 5.09. The Labute approximate surface area is 107 Å². The average Bonchev–Trinajstić information content (AvgIpc) is 2.18. The van der Waals surface area contributed by atoms with Crippen molar-refractivity contribution >= 4 is 33.2 Å². The van der Waals surface area contributed by atoms with E-state index in [0.29, 0.717) is 0 Å². The number of halogens is 1. The van der Waals surface area contributed by atoms with Gasteiger partial charge in [-0.05, 0) is 32.4 Å². The lowest BCUT2D eigenvalue weighted by Crippen LogP contribution is -2.31. The summed E-state index contributed by atoms with van der Waals surface area (Å²) in [6, 6.07) is 4.67. The summed E-state index contributed by atoms with van der Waals surface area (Å²) in [7, 11) is 0. The molecule has 1 aromatic rings. The van der Waals surface area contributed by atoms with Gasteiger partial charge in [0.15, 0.2) is 0 Å². The molecule has 1 N–H and O–H groups in total. The number of nitrogens with zero attached hydrogens (tertiary/aromatic N) is 1. The van der Waals surface area contributed by atoms with Crippen molar-refractivity contribution < 1.29 is 9.72 Å². The molecule has 0 aromatic heterocycles. The highest BCUT2D eigenvalue weighted by Gasteiger charge is 2.26. The lowest BCUT2D eigenvalue weighted by Gasteiger charge is -2.15. The van der Waals surface area contributed by atoms with Crippen molar-refractivity contribution in [3.8, 4) is 0 Å². The Morgan fingerprint density at radius 3 is 2.53 bits per heavy atom. The first kappa shape index (κ1) is 13.6. The van der Waals surface area contributed by atoms with Gasteiger partial charge in [-0.3, -0.25) is 14.9 Å². The molecule has 1 amide bonds. The van der Waals surface area contributed by atoms with Gasteiger partial charge in [0, 0.05) is 6.07 Å². The molecule has 0 saturated carbocycles. The molecule has 0 heterocycles.